The summed E-state index contributed by atoms with van der Waals surface area (Å²) in [5.41, 5.74) is 2.54. The number of imide groups is 1. The Bertz CT molecular complexity index is 1260. The Morgan fingerprint density at radius 1 is 1.00 bits per heavy atom. The molecule has 3 aromatic carbocycles. The van der Waals surface area contributed by atoms with Gasteiger partial charge in [-0.2, -0.15) is 0 Å². The smallest absolute Gasteiger partial charge is 0.325 e. The van der Waals surface area contributed by atoms with Gasteiger partial charge in [0.15, 0.2) is 0 Å². The average molecular weight is 470 g/mol. The van der Waals surface area contributed by atoms with Gasteiger partial charge in [0.2, 0.25) is 5.91 Å². The number of carbonyl (C=O) groups excluding carboxylic acids is 3. The minimum Gasteiger partial charge on any atom is -0.497 e. The number of nitrogens with zero attached hydrogens (tertiary/aromatic N) is 1. The molecule has 178 valence electrons. The zero-order valence-corrected chi connectivity index (χ0v) is 19.5. The van der Waals surface area contributed by atoms with E-state index in [0.717, 1.165) is 40.0 Å². The molecule has 4 amide bonds. The van der Waals surface area contributed by atoms with Crippen molar-refractivity contribution < 1.29 is 19.1 Å². The van der Waals surface area contributed by atoms with E-state index in [1.165, 1.54) is 0 Å². The Morgan fingerprint density at radius 3 is 2.43 bits per heavy atom. The molecule has 2 aliphatic rings. The molecule has 0 radical (unpaired) electrons. The number of hydrogen-bond acceptors (Lipinski definition) is 4. The summed E-state index contributed by atoms with van der Waals surface area (Å²) in [6, 6.07) is 23.7. The molecule has 0 saturated carbocycles. The van der Waals surface area contributed by atoms with Crippen molar-refractivity contribution in [2.75, 3.05) is 13.7 Å². The van der Waals surface area contributed by atoms with Crippen LogP contribution in [0.25, 0.3) is 0 Å². The average Bonchev–Trinajstić information content (AvgIpc) is 3.12. The topological polar surface area (TPSA) is 87.7 Å². The van der Waals surface area contributed by atoms with Crippen LogP contribution < -0.4 is 15.4 Å². The largest absolute Gasteiger partial charge is 0.497 e. The molecule has 5 rings (SSSR count). The number of benzene rings is 3. The molecule has 3 aromatic rings. The van der Waals surface area contributed by atoms with Crippen LogP contribution in [-0.4, -0.2) is 36.4 Å². The van der Waals surface area contributed by atoms with Crippen molar-refractivity contribution in [3.63, 3.8) is 0 Å². The zero-order chi connectivity index (χ0) is 24.4. The van der Waals surface area contributed by atoms with E-state index in [0.29, 0.717) is 12.2 Å². The molecule has 35 heavy (non-hydrogen) atoms. The van der Waals surface area contributed by atoms with Crippen molar-refractivity contribution >= 4 is 17.8 Å². The highest BCUT2D eigenvalue weighted by atomic mass is 16.5. The summed E-state index contributed by atoms with van der Waals surface area (Å²) in [7, 11) is 1.60. The van der Waals surface area contributed by atoms with Gasteiger partial charge < -0.3 is 15.4 Å². The molecule has 2 N–H and O–H groups in total. The lowest BCUT2D eigenvalue weighted by Crippen LogP contribution is -2.47. The van der Waals surface area contributed by atoms with Crippen LogP contribution in [0.5, 0.6) is 5.75 Å². The minimum atomic E-state index is -1.10. The van der Waals surface area contributed by atoms with Crippen LogP contribution in [0.15, 0.2) is 78.9 Å². The Kier molecular flexibility index (Phi) is 5.99. The summed E-state index contributed by atoms with van der Waals surface area (Å²) in [5, 5.41) is 5.92. The lowest BCUT2D eigenvalue weighted by molar-refractivity contribution is -0.135. The van der Waals surface area contributed by atoms with Crippen LogP contribution in [0.4, 0.5) is 4.79 Å². The highest BCUT2D eigenvalue weighted by molar-refractivity contribution is 6.09. The van der Waals surface area contributed by atoms with Crippen LogP contribution >= 0.6 is 0 Å². The molecular weight excluding hydrogens is 442 g/mol. The first-order valence-corrected chi connectivity index (χ1v) is 11.7. The highest BCUT2D eigenvalue weighted by Gasteiger charge is 2.54. The first-order chi connectivity index (χ1) is 17.0. The van der Waals surface area contributed by atoms with E-state index in [2.05, 4.69) is 10.6 Å². The van der Waals surface area contributed by atoms with Gasteiger partial charge >= 0.3 is 6.03 Å². The van der Waals surface area contributed by atoms with Crippen molar-refractivity contribution in [3.8, 4) is 5.75 Å². The Labute approximate surface area is 204 Å². The van der Waals surface area contributed by atoms with Gasteiger partial charge in [-0.05, 0) is 53.6 Å². The maximum absolute atomic E-state index is 13.5. The summed E-state index contributed by atoms with van der Waals surface area (Å²) in [5.74, 6) is -0.0749. The van der Waals surface area contributed by atoms with Crippen molar-refractivity contribution in [1.82, 2.24) is 15.5 Å². The number of ether oxygens (including phenoxy) is 1. The number of urea groups is 1. The fourth-order valence-corrected chi connectivity index (χ4v) is 5.11. The highest BCUT2D eigenvalue weighted by Crippen LogP contribution is 2.39. The summed E-state index contributed by atoms with van der Waals surface area (Å²) in [4.78, 5) is 40.6. The van der Waals surface area contributed by atoms with E-state index >= 15 is 0 Å². The van der Waals surface area contributed by atoms with E-state index in [-0.39, 0.29) is 12.5 Å². The predicted octanol–water partition coefficient (Wildman–Crippen LogP) is 3.68. The Balaban J connectivity index is 1.37. The molecule has 1 spiro atoms. The summed E-state index contributed by atoms with van der Waals surface area (Å²) in [6.07, 6.45) is 2.17. The maximum atomic E-state index is 13.5. The second-order valence-corrected chi connectivity index (χ2v) is 8.92. The molecule has 7 nitrogen and oxygen atoms in total. The number of hydrogen-bond donors (Lipinski definition) is 2. The second-order valence-electron chi connectivity index (χ2n) is 8.92. The van der Waals surface area contributed by atoms with E-state index < -0.39 is 23.5 Å². The van der Waals surface area contributed by atoms with Crippen LogP contribution in [0, 0.1) is 0 Å². The molecular formula is C28H27N3O4. The van der Waals surface area contributed by atoms with Crippen LogP contribution in [0.2, 0.25) is 0 Å². The van der Waals surface area contributed by atoms with E-state index in [1.54, 1.807) is 7.11 Å². The number of methoxy groups -OCH3 is 1. The zero-order valence-electron chi connectivity index (χ0n) is 19.5. The van der Waals surface area contributed by atoms with Crippen LogP contribution in [0.1, 0.15) is 41.1 Å². The first-order valence-electron chi connectivity index (χ1n) is 11.7. The van der Waals surface area contributed by atoms with Gasteiger partial charge in [0.1, 0.15) is 17.8 Å². The van der Waals surface area contributed by atoms with E-state index in [1.807, 2.05) is 78.9 Å². The minimum absolute atomic E-state index is 0.353. The number of aryl methyl sites for hydroxylation is 1. The molecule has 7 heteroatoms. The van der Waals surface area contributed by atoms with Gasteiger partial charge in [0, 0.05) is 0 Å². The third-order valence-electron chi connectivity index (χ3n) is 6.84. The number of carbonyl (C=O) groups is 3. The Morgan fingerprint density at radius 2 is 1.69 bits per heavy atom. The van der Waals surface area contributed by atoms with Gasteiger partial charge in [0.25, 0.3) is 5.91 Å². The van der Waals surface area contributed by atoms with Gasteiger partial charge in [0.05, 0.1) is 13.2 Å². The maximum Gasteiger partial charge on any atom is 0.325 e. The molecule has 1 heterocycles. The summed E-state index contributed by atoms with van der Waals surface area (Å²) in [6.45, 7) is -0.353. The number of fused-ring (bicyclic) bond motifs is 2. The second kappa shape index (κ2) is 9.25. The normalized spacial score (nSPS) is 19.7. The lowest BCUT2D eigenvalue weighted by atomic mass is 9.76. The van der Waals surface area contributed by atoms with Crippen molar-refractivity contribution in [3.05, 3.63) is 101 Å². The fourth-order valence-electron chi connectivity index (χ4n) is 5.11. The van der Waals surface area contributed by atoms with Crippen LogP contribution in [-0.2, 0) is 21.5 Å². The van der Waals surface area contributed by atoms with Gasteiger partial charge in [-0.1, -0.05) is 66.7 Å². The molecule has 1 saturated heterocycles. The third-order valence-corrected chi connectivity index (χ3v) is 6.84. The third kappa shape index (κ3) is 4.14. The standard InChI is InChI=1S/C28H27N3O4/c1-35-22-15-13-21(14-16-22)25(20-9-3-2-4-10-20)29-24(32)18-31-26(33)28(30-27(31)34)17-7-11-19-8-5-6-12-23(19)28/h2-6,8-10,12-16,25H,7,11,17-18H2,1H3,(H,29,32)(H,30,34)/t25-,28-/m0/s1. The quantitative estimate of drug-likeness (QED) is 0.539. The van der Waals surface area contributed by atoms with Crippen molar-refractivity contribution in [1.29, 1.82) is 0 Å². The SMILES string of the molecule is COc1ccc([C@@H](NC(=O)CN2C(=O)N[C@]3(CCCc4ccccc43)C2=O)c2ccccc2)cc1. The summed E-state index contributed by atoms with van der Waals surface area (Å²) >= 11 is 0. The predicted molar refractivity (Wildman–Crippen MR) is 131 cm³/mol. The van der Waals surface area contributed by atoms with E-state index in [4.69, 9.17) is 4.74 Å². The number of nitrogens with one attached hydrogen (secondary N) is 2. The molecule has 2 atom stereocenters. The monoisotopic (exact) mass is 469 g/mol. The molecule has 0 bridgehead atoms. The Hall–Kier alpha value is -4.13. The van der Waals surface area contributed by atoms with Gasteiger partial charge in [-0.3, -0.25) is 14.5 Å². The molecule has 1 fully saturated rings. The summed E-state index contributed by atoms with van der Waals surface area (Å²) < 4.78 is 5.25. The molecule has 0 aromatic heterocycles. The molecule has 1 aliphatic heterocycles. The first kappa shape index (κ1) is 22.7. The van der Waals surface area contributed by atoms with Crippen LogP contribution in [0.3, 0.4) is 0 Å². The van der Waals surface area contributed by atoms with Gasteiger partial charge in [-0.15, -0.1) is 0 Å². The van der Waals surface area contributed by atoms with E-state index in [9.17, 15) is 14.4 Å². The van der Waals surface area contributed by atoms with Gasteiger partial charge in [-0.25, -0.2) is 4.79 Å². The number of rotatable bonds is 6. The molecule has 0 unspecified atom stereocenters. The fraction of sp³-hybridized carbons (Fsp3) is 0.250. The molecule has 1 aliphatic carbocycles. The van der Waals surface area contributed by atoms with Crippen molar-refractivity contribution in [2.45, 2.75) is 30.8 Å². The lowest BCUT2D eigenvalue weighted by Gasteiger charge is -2.33. The van der Waals surface area contributed by atoms with Crippen molar-refractivity contribution in [2.24, 2.45) is 0 Å². The number of amides is 4.